The third-order valence-electron chi connectivity index (χ3n) is 6.19. The summed E-state index contributed by atoms with van der Waals surface area (Å²) in [5, 5.41) is 28.1. The molecule has 9 heteroatoms. The SMILES string of the molecule is COc1cccc(OC)c1CNc1cnc(Nc2ccc(C#N)cc2)nc1Nc1c(C)cc(/C=C/C#N)cc1C. The number of anilines is 5. The van der Waals surface area contributed by atoms with Crippen molar-refractivity contribution in [2.75, 3.05) is 30.2 Å². The Kier molecular flexibility index (Phi) is 8.81. The van der Waals surface area contributed by atoms with E-state index in [4.69, 9.17) is 25.0 Å². The van der Waals surface area contributed by atoms with Gasteiger partial charge in [0.1, 0.15) is 11.5 Å². The zero-order valence-corrected chi connectivity index (χ0v) is 22.7. The maximum atomic E-state index is 9.08. The van der Waals surface area contributed by atoms with Crippen LogP contribution in [0, 0.1) is 36.5 Å². The molecule has 0 saturated heterocycles. The number of aryl methyl sites for hydroxylation is 2. The van der Waals surface area contributed by atoms with Gasteiger partial charge < -0.3 is 25.4 Å². The van der Waals surface area contributed by atoms with Crippen LogP contribution in [0.2, 0.25) is 0 Å². The predicted molar refractivity (Wildman–Crippen MR) is 157 cm³/mol. The van der Waals surface area contributed by atoms with Gasteiger partial charge >= 0.3 is 0 Å². The number of methoxy groups -OCH3 is 2. The standard InChI is InChI=1S/C31H29N7O2/c1-20-15-23(7-6-14-32)16-21(2)29(20)37-30-26(34-18-25-27(39-3)8-5-9-28(25)40-4)19-35-31(38-30)36-24-12-10-22(17-33)11-13-24/h5-13,15-16,19,34H,18H2,1-4H3,(H2,35,36,37,38)/b7-6+. The molecule has 200 valence electrons. The van der Waals surface area contributed by atoms with Crippen LogP contribution < -0.4 is 25.4 Å². The van der Waals surface area contributed by atoms with Gasteiger partial charge in [0.05, 0.1) is 49.4 Å². The molecule has 0 aliphatic heterocycles. The number of rotatable bonds is 10. The van der Waals surface area contributed by atoms with Crippen molar-refractivity contribution in [3.8, 4) is 23.6 Å². The molecule has 40 heavy (non-hydrogen) atoms. The molecule has 0 spiro atoms. The lowest BCUT2D eigenvalue weighted by molar-refractivity contribution is 0.386. The summed E-state index contributed by atoms with van der Waals surface area (Å²) in [5.74, 6) is 2.35. The molecule has 0 saturated carbocycles. The van der Waals surface area contributed by atoms with Gasteiger partial charge in [0.25, 0.3) is 0 Å². The Labute approximate surface area is 233 Å². The van der Waals surface area contributed by atoms with Gasteiger partial charge in [-0.15, -0.1) is 0 Å². The molecule has 1 aromatic heterocycles. The molecule has 4 rings (SSSR count). The molecule has 9 nitrogen and oxygen atoms in total. The first-order valence-corrected chi connectivity index (χ1v) is 12.5. The Morgan fingerprint density at radius 2 is 1.60 bits per heavy atom. The number of nitrogens with zero attached hydrogens (tertiary/aromatic N) is 4. The van der Waals surface area contributed by atoms with Gasteiger partial charge in [-0.25, -0.2) is 4.98 Å². The van der Waals surface area contributed by atoms with Crippen LogP contribution in [0.4, 0.5) is 28.8 Å². The molecule has 0 amide bonds. The van der Waals surface area contributed by atoms with Crippen LogP contribution in [0.25, 0.3) is 6.08 Å². The summed E-state index contributed by atoms with van der Waals surface area (Å²) in [7, 11) is 3.25. The fraction of sp³-hybridized carbons (Fsp3) is 0.161. The minimum Gasteiger partial charge on any atom is -0.496 e. The normalized spacial score (nSPS) is 10.4. The molecule has 0 bridgehead atoms. The number of allylic oxidation sites excluding steroid dienone is 1. The molecule has 0 radical (unpaired) electrons. The molecule has 3 aromatic carbocycles. The number of aromatic nitrogens is 2. The Morgan fingerprint density at radius 1 is 0.925 bits per heavy atom. The van der Waals surface area contributed by atoms with E-state index in [1.54, 1.807) is 50.8 Å². The largest absolute Gasteiger partial charge is 0.496 e. The molecular weight excluding hydrogens is 502 g/mol. The van der Waals surface area contributed by atoms with Gasteiger partial charge in [-0.2, -0.15) is 15.5 Å². The van der Waals surface area contributed by atoms with Crippen molar-refractivity contribution in [2.45, 2.75) is 20.4 Å². The summed E-state index contributed by atoms with van der Waals surface area (Å²) in [4.78, 5) is 9.29. The average Bonchev–Trinajstić information content (AvgIpc) is 2.97. The molecule has 4 aromatic rings. The Hall–Kier alpha value is -5.54. The molecule has 0 aliphatic rings. The molecule has 3 N–H and O–H groups in total. The van der Waals surface area contributed by atoms with E-state index < -0.39 is 0 Å². The van der Waals surface area contributed by atoms with Crippen LogP contribution >= 0.6 is 0 Å². The molecular formula is C31H29N7O2. The highest BCUT2D eigenvalue weighted by atomic mass is 16.5. The highest BCUT2D eigenvalue weighted by Gasteiger charge is 2.15. The topological polar surface area (TPSA) is 128 Å². The second kappa shape index (κ2) is 12.8. The number of ether oxygens (including phenoxy) is 2. The van der Waals surface area contributed by atoms with Gasteiger partial charge in [-0.1, -0.05) is 6.07 Å². The predicted octanol–water partition coefficient (Wildman–Crippen LogP) is 6.62. The molecule has 0 aliphatic carbocycles. The summed E-state index contributed by atoms with van der Waals surface area (Å²) in [6, 6.07) is 20.9. The number of nitriles is 2. The van der Waals surface area contributed by atoms with E-state index >= 15 is 0 Å². The number of hydrogen-bond acceptors (Lipinski definition) is 9. The maximum Gasteiger partial charge on any atom is 0.229 e. The van der Waals surface area contributed by atoms with E-state index in [9.17, 15) is 0 Å². The Balaban J connectivity index is 1.69. The van der Waals surface area contributed by atoms with Gasteiger partial charge in [0, 0.05) is 24.0 Å². The van der Waals surface area contributed by atoms with Crippen LogP contribution in [0.1, 0.15) is 27.8 Å². The minimum absolute atomic E-state index is 0.386. The van der Waals surface area contributed by atoms with Gasteiger partial charge in [0.2, 0.25) is 5.95 Å². The fourth-order valence-electron chi connectivity index (χ4n) is 4.25. The lowest BCUT2D eigenvalue weighted by Crippen LogP contribution is -2.09. The summed E-state index contributed by atoms with van der Waals surface area (Å²) in [6.07, 6.45) is 4.95. The highest BCUT2D eigenvalue weighted by molar-refractivity contribution is 5.76. The molecule has 0 unspecified atom stereocenters. The van der Waals surface area contributed by atoms with Crippen LogP contribution in [0.15, 0.2) is 66.9 Å². The lowest BCUT2D eigenvalue weighted by atomic mass is 10.0. The maximum absolute atomic E-state index is 9.08. The van der Waals surface area contributed by atoms with Gasteiger partial charge in [-0.05, 0) is 85.1 Å². The van der Waals surface area contributed by atoms with Crippen molar-refractivity contribution in [3.63, 3.8) is 0 Å². The zero-order chi connectivity index (χ0) is 28.5. The van der Waals surface area contributed by atoms with Crippen molar-refractivity contribution in [1.29, 1.82) is 10.5 Å². The summed E-state index contributed by atoms with van der Waals surface area (Å²) in [6.45, 7) is 4.41. The second-order valence-corrected chi connectivity index (χ2v) is 8.88. The number of benzene rings is 3. The van der Waals surface area contributed by atoms with Crippen molar-refractivity contribution < 1.29 is 9.47 Å². The van der Waals surface area contributed by atoms with Crippen LogP contribution in [0.5, 0.6) is 11.5 Å². The summed E-state index contributed by atoms with van der Waals surface area (Å²) in [5.41, 5.74) is 6.68. The Bertz CT molecular complexity index is 1570. The summed E-state index contributed by atoms with van der Waals surface area (Å²) >= 11 is 0. The van der Waals surface area contributed by atoms with E-state index in [-0.39, 0.29) is 0 Å². The fourth-order valence-corrected chi connectivity index (χ4v) is 4.25. The van der Waals surface area contributed by atoms with Crippen LogP contribution in [0.3, 0.4) is 0 Å². The highest BCUT2D eigenvalue weighted by Crippen LogP contribution is 2.33. The quantitative estimate of drug-likeness (QED) is 0.193. The third-order valence-corrected chi connectivity index (χ3v) is 6.19. The van der Waals surface area contributed by atoms with Crippen molar-refractivity contribution in [1.82, 2.24) is 9.97 Å². The monoisotopic (exact) mass is 531 g/mol. The minimum atomic E-state index is 0.386. The Morgan fingerprint density at radius 3 is 2.20 bits per heavy atom. The first-order chi connectivity index (χ1) is 19.4. The molecule has 0 atom stereocenters. The number of hydrogen-bond donors (Lipinski definition) is 3. The van der Waals surface area contributed by atoms with E-state index in [2.05, 4.69) is 27.0 Å². The average molecular weight is 532 g/mol. The first-order valence-electron chi connectivity index (χ1n) is 12.5. The number of nitrogens with one attached hydrogen (secondary N) is 3. The van der Waals surface area contributed by atoms with E-state index in [1.807, 2.05) is 50.2 Å². The van der Waals surface area contributed by atoms with Crippen molar-refractivity contribution in [3.05, 3.63) is 94.7 Å². The van der Waals surface area contributed by atoms with Crippen LogP contribution in [-0.4, -0.2) is 24.2 Å². The van der Waals surface area contributed by atoms with Crippen molar-refractivity contribution >= 4 is 34.9 Å². The zero-order valence-electron chi connectivity index (χ0n) is 22.7. The van der Waals surface area contributed by atoms with Crippen LogP contribution in [-0.2, 0) is 6.54 Å². The first kappa shape index (κ1) is 27.5. The molecule has 0 fully saturated rings. The van der Waals surface area contributed by atoms with E-state index in [1.165, 1.54) is 6.08 Å². The van der Waals surface area contributed by atoms with E-state index in [0.717, 1.165) is 33.6 Å². The van der Waals surface area contributed by atoms with Crippen molar-refractivity contribution in [2.24, 2.45) is 0 Å². The van der Waals surface area contributed by atoms with Gasteiger partial charge in [-0.3, -0.25) is 0 Å². The molecule has 1 heterocycles. The second-order valence-electron chi connectivity index (χ2n) is 8.88. The lowest BCUT2D eigenvalue weighted by Gasteiger charge is -2.19. The smallest absolute Gasteiger partial charge is 0.229 e. The van der Waals surface area contributed by atoms with Gasteiger partial charge in [0.15, 0.2) is 5.82 Å². The summed E-state index contributed by atoms with van der Waals surface area (Å²) < 4.78 is 11.1. The third kappa shape index (κ3) is 6.47. The van der Waals surface area contributed by atoms with E-state index in [0.29, 0.717) is 41.1 Å².